The molecule has 0 fully saturated rings. The summed E-state index contributed by atoms with van der Waals surface area (Å²) in [7, 11) is 0. The Hall–Kier alpha value is -0.145. The van der Waals surface area contributed by atoms with Gasteiger partial charge in [0.25, 0.3) is 0 Å². The summed E-state index contributed by atoms with van der Waals surface area (Å²) in [5, 5.41) is 0. The fourth-order valence-corrected chi connectivity index (χ4v) is 1.000. The Kier molecular flexibility index (Phi) is 3.83. The van der Waals surface area contributed by atoms with Crippen LogP contribution in [-0.4, -0.2) is 6.98 Å². The van der Waals surface area contributed by atoms with Gasteiger partial charge in [-0.15, -0.1) is 0 Å². The van der Waals surface area contributed by atoms with Gasteiger partial charge in [0.15, 0.2) is 0 Å². The minimum atomic E-state index is -4.55. The van der Waals surface area contributed by atoms with E-state index >= 15 is 0 Å². The van der Waals surface area contributed by atoms with Gasteiger partial charge in [-0.25, -0.2) is 0 Å². The van der Waals surface area contributed by atoms with Crippen LogP contribution in [0, 0.1) is 5.92 Å². The lowest BCUT2D eigenvalue weighted by Crippen LogP contribution is -2.19. The SMILES string of the molecule is CCC(CC)C[B-](F)(F)F. The average Bonchev–Trinajstić information content (AvgIpc) is 1.81. The molecule has 0 rings (SSSR count). The molecule has 0 amide bonds. The molecule has 0 saturated heterocycles. The number of rotatable bonds is 4. The highest BCUT2D eigenvalue weighted by Gasteiger charge is 2.25. The van der Waals surface area contributed by atoms with Crippen LogP contribution in [0.15, 0.2) is 0 Å². The minimum Gasteiger partial charge on any atom is -0.449 e. The van der Waals surface area contributed by atoms with Crippen molar-refractivity contribution < 1.29 is 12.9 Å². The van der Waals surface area contributed by atoms with Crippen molar-refractivity contribution in [1.82, 2.24) is 0 Å². The van der Waals surface area contributed by atoms with Crippen LogP contribution in [0.3, 0.4) is 0 Å². The molecule has 0 aromatic carbocycles. The second kappa shape index (κ2) is 3.89. The first-order chi connectivity index (χ1) is 4.49. The van der Waals surface area contributed by atoms with Crippen LogP contribution in [0.2, 0.25) is 6.32 Å². The quantitative estimate of drug-likeness (QED) is 0.543. The second-order valence-electron chi connectivity index (χ2n) is 2.63. The van der Waals surface area contributed by atoms with E-state index in [4.69, 9.17) is 0 Å². The maximum atomic E-state index is 11.7. The van der Waals surface area contributed by atoms with Crippen molar-refractivity contribution in [3.05, 3.63) is 0 Å². The zero-order valence-corrected chi connectivity index (χ0v) is 6.41. The van der Waals surface area contributed by atoms with E-state index in [1.165, 1.54) is 0 Å². The molecule has 0 aliphatic rings. The lowest BCUT2D eigenvalue weighted by atomic mass is 9.76. The van der Waals surface area contributed by atoms with E-state index in [1.54, 1.807) is 13.8 Å². The zero-order valence-electron chi connectivity index (χ0n) is 6.41. The fraction of sp³-hybridized carbons (Fsp3) is 1.00. The first-order valence-electron chi connectivity index (χ1n) is 3.70. The Morgan fingerprint density at radius 3 is 1.60 bits per heavy atom. The fourth-order valence-electron chi connectivity index (χ4n) is 1.000. The molecule has 0 aromatic rings. The predicted molar refractivity (Wildman–Crippen MR) is 38.0 cm³/mol. The largest absolute Gasteiger partial charge is 0.478 e. The van der Waals surface area contributed by atoms with Crippen molar-refractivity contribution in [2.75, 3.05) is 0 Å². The minimum absolute atomic E-state index is 0.153. The molecule has 0 atom stereocenters. The summed E-state index contributed by atoms with van der Waals surface area (Å²) in [6, 6.07) is 0. The molecule has 4 heteroatoms. The first-order valence-corrected chi connectivity index (χ1v) is 3.70. The molecule has 0 nitrogen and oxygen atoms in total. The molecule has 10 heavy (non-hydrogen) atoms. The molecule has 0 saturated carbocycles. The van der Waals surface area contributed by atoms with Crippen LogP contribution in [0.4, 0.5) is 12.9 Å². The molecule has 0 aliphatic carbocycles. The van der Waals surface area contributed by atoms with Gasteiger partial charge in [0.2, 0.25) is 0 Å². The Balaban J connectivity index is 3.63. The van der Waals surface area contributed by atoms with E-state index in [1.807, 2.05) is 0 Å². The van der Waals surface area contributed by atoms with Gasteiger partial charge in [0.1, 0.15) is 0 Å². The number of halogens is 3. The summed E-state index contributed by atoms with van der Waals surface area (Å²) in [4.78, 5) is 0. The summed E-state index contributed by atoms with van der Waals surface area (Å²) in [6.45, 7) is -0.951. The highest BCUT2D eigenvalue weighted by Crippen LogP contribution is 2.25. The van der Waals surface area contributed by atoms with Gasteiger partial charge in [0.05, 0.1) is 0 Å². The topological polar surface area (TPSA) is 0 Å². The Bertz CT molecular complexity index is 85.5. The maximum absolute atomic E-state index is 11.7. The van der Waals surface area contributed by atoms with Crippen LogP contribution in [0.1, 0.15) is 26.7 Å². The number of hydrogen-bond donors (Lipinski definition) is 0. The Labute approximate surface area is 59.9 Å². The van der Waals surface area contributed by atoms with E-state index in [-0.39, 0.29) is 5.92 Å². The maximum Gasteiger partial charge on any atom is 0.478 e. The zero-order chi connectivity index (χ0) is 8.20. The highest BCUT2D eigenvalue weighted by atomic mass is 19.4. The van der Waals surface area contributed by atoms with Crippen molar-refractivity contribution in [3.63, 3.8) is 0 Å². The van der Waals surface area contributed by atoms with Crippen molar-refractivity contribution in [2.24, 2.45) is 5.92 Å². The van der Waals surface area contributed by atoms with E-state index < -0.39 is 13.3 Å². The molecule has 0 unspecified atom stereocenters. The Morgan fingerprint density at radius 2 is 1.50 bits per heavy atom. The smallest absolute Gasteiger partial charge is 0.449 e. The molecule has 0 heterocycles. The van der Waals surface area contributed by atoms with E-state index in [2.05, 4.69) is 0 Å². The van der Waals surface area contributed by atoms with Gasteiger partial charge in [-0.1, -0.05) is 38.9 Å². The van der Waals surface area contributed by atoms with Gasteiger partial charge < -0.3 is 12.9 Å². The van der Waals surface area contributed by atoms with Gasteiger partial charge >= 0.3 is 6.98 Å². The lowest BCUT2D eigenvalue weighted by molar-refractivity contribution is 0.417. The van der Waals surface area contributed by atoms with Crippen molar-refractivity contribution in [2.45, 2.75) is 33.0 Å². The van der Waals surface area contributed by atoms with Gasteiger partial charge in [-0.2, -0.15) is 0 Å². The third-order valence-corrected chi connectivity index (χ3v) is 1.76. The third kappa shape index (κ3) is 4.71. The molecular weight excluding hydrogens is 140 g/mol. The molecule has 62 valence electrons. The third-order valence-electron chi connectivity index (χ3n) is 1.76. The van der Waals surface area contributed by atoms with E-state index in [0.29, 0.717) is 12.8 Å². The van der Waals surface area contributed by atoms with E-state index in [9.17, 15) is 12.9 Å². The Morgan fingerprint density at radius 1 is 1.10 bits per heavy atom. The summed E-state index contributed by atoms with van der Waals surface area (Å²) in [5.41, 5.74) is 0. The normalized spacial score (nSPS) is 12.6. The summed E-state index contributed by atoms with van der Waals surface area (Å²) in [6.07, 6.45) is 0.711. The van der Waals surface area contributed by atoms with Crippen LogP contribution in [-0.2, 0) is 0 Å². The van der Waals surface area contributed by atoms with Crippen LogP contribution >= 0.6 is 0 Å². The molecule has 0 aromatic heterocycles. The molecule has 0 aliphatic heterocycles. The molecule has 0 radical (unpaired) electrons. The van der Waals surface area contributed by atoms with Crippen molar-refractivity contribution >= 4 is 6.98 Å². The van der Waals surface area contributed by atoms with Crippen LogP contribution in [0.5, 0.6) is 0 Å². The summed E-state index contributed by atoms with van der Waals surface area (Å²) in [5.74, 6) is -0.153. The van der Waals surface area contributed by atoms with Crippen molar-refractivity contribution in [1.29, 1.82) is 0 Å². The molecule has 0 bridgehead atoms. The summed E-state index contributed by atoms with van der Waals surface area (Å²) < 4.78 is 35.2. The first kappa shape index (κ1) is 9.85. The van der Waals surface area contributed by atoms with Crippen LogP contribution in [0.25, 0.3) is 0 Å². The molecular formula is C6H13BF3-. The predicted octanol–water partition coefficient (Wildman–Crippen LogP) is 3.27. The monoisotopic (exact) mass is 153 g/mol. The van der Waals surface area contributed by atoms with Gasteiger partial charge in [-0.05, 0) is 0 Å². The number of hydrogen-bond acceptors (Lipinski definition) is 0. The summed E-state index contributed by atoms with van der Waals surface area (Å²) >= 11 is 0. The standard InChI is InChI=1S/C6H13BF3/c1-3-6(4-2)5-7(8,9)10/h6H,3-5H2,1-2H3/q-1. The van der Waals surface area contributed by atoms with Crippen molar-refractivity contribution in [3.8, 4) is 0 Å². The average molecular weight is 153 g/mol. The molecule has 0 spiro atoms. The van der Waals surface area contributed by atoms with E-state index in [0.717, 1.165) is 0 Å². The van der Waals surface area contributed by atoms with Crippen LogP contribution < -0.4 is 0 Å². The highest BCUT2D eigenvalue weighted by molar-refractivity contribution is 6.58. The lowest BCUT2D eigenvalue weighted by Gasteiger charge is -2.20. The second-order valence-corrected chi connectivity index (χ2v) is 2.63. The van der Waals surface area contributed by atoms with Gasteiger partial charge in [0, 0.05) is 0 Å². The van der Waals surface area contributed by atoms with Gasteiger partial charge in [-0.3, -0.25) is 0 Å². The molecule has 0 N–H and O–H groups in total.